The summed E-state index contributed by atoms with van der Waals surface area (Å²) < 4.78 is 13.1. The lowest BCUT2D eigenvalue weighted by Gasteiger charge is -2.34. The number of rotatable bonds is 4. The fourth-order valence-electron chi connectivity index (χ4n) is 3.51. The molecule has 1 amide bonds. The zero-order valence-electron chi connectivity index (χ0n) is 15.8. The van der Waals surface area contributed by atoms with E-state index >= 15 is 0 Å². The van der Waals surface area contributed by atoms with Gasteiger partial charge in [0.15, 0.2) is 0 Å². The number of benzene rings is 2. The van der Waals surface area contributed by atoms with E-state index in [2.05, 4.69) is 16.3 Å². The van der Waals surface area contributed by atoms with Gasteiger partial charge in [-0.15, -0.1) is 11.3 Å². The van der Waals surface area contributed by atoms with Gasteiger partial charge in [-0.05, 0) is 66.9 Å². The highest BCUT2D eigenvalue weighted by molar-refractivity contribution is 7.17. The van der Waals surface area contributed by atoms with E-state index in [1.807, 2.05) is 36.4 Å². The Morgan fingerprint density at radius 1 is 1.03 bits per heavy atom. The largest absolute Gasteiger partial charge is 0.371 e. The number of thiophene rings is 1. The molecule has 2 heterocycles. The molecule has 0 saturated carbocycles. The van der Waals surface area contributed by atoms with Crippen LogP contribution in [0.5, 0.6) is 0 Å². The summed E-state index contributed by atoms with van der Waals surface area (Å²) in [6.45, 7) is 1.73. The Morgan fingerprint density at radius 2 is 1.72 bits per heavy atom. The number of carbonyl (C=O) groups is 1. The highest BCUT2D eigenvalue weighted by Crippen LogP contribution is 2.28. The molecular weight excluding hydrogens is 385 g/mol. The fraction of sp³-hybridized carbons (Fsp3) is 0.217. The number of anilines is 1. The lowest BCUT2D eigenvalue weighted by atomic mass is 10.0. The number of nitriles is 1. The third-order valence-electron chi connectivity index (χ3n) is 5.15. The lowest BCUT2D eigenvalue weighted by Crippen LogP contribution is -2.44. The highest BCUT2D eigenvalue weighted by Gasteiger charge is 2.22. The van der Waals surface area contributed by atoms with E-state index in [1.54, 1.807) is 12.1 Å². The van der Waals surface area contributed by atoms with Crippen molar-refractivity contribution in [1.82, 2.24) is 5.32 Å². The average molecular weight is 405 g/mol. The monoisotopic (exact) mass is 405 g/mol. The molecule has 1 fully saturated rings. The molecule has 29 heavy (non-hydrogen) atoms. The Balaban J connectivity index is 1.33. The number of nitrogens with one attached hydrogen (secondary N) is 1. The predicted molar refractivity (Wildman–Crippen MR) is 114 cm³/mol. The van der Waals surface area contributed by atoms with Crippen LogP contribution in [0.1, 0.15) is 28.1 Å². The van der Waals surface area contributed by atoms with Crippen LogP contribution >= 0.6 is 11.3 Å². The second-order valence-electron chi connectivity index (χ2n) is 7.06. The van der Waals surface area contributed by atoms with E-state index in [0.29, 0.717) is 10.4 Å². The molecule has 0 aliphatic carbocycles. The topological polar surface area (TPSA) is 56.1 Å². The Morgan fingerprint density at radius 3 is 2.38 bits per heavy atom. The van der Waals surface area contributed by atoms with E-state index in [0.717, 1.165) is 42.1 Å². The highest BCUT2D eigenvalue weighted by atomic mass is 32.1. The first-order chi connectivity index (χ1) is 14.1. The van der Waals surface area contributed by atoms with Crippen molar-refractivity contribution < 1.29 is 9.18 Å². The second kappa shape index (κ2) is 8.46. The van der Waals surface area contributed by atoms with Gasteiger partial charge in [0.05, 0.1) is 16.5 Å². The molecule has 6 heteroatoms. The number of piperidine rings is 1. The summed E-state index contributed by atoms with van der Waals surface area (Å²) in [4.78, 5) is 16.5. The zero-order valence-corrected chi connectivity index (χ0v) is 16.6. The molecule has 1 aliphatic rings. The molecule has 4 rings (SSSR count). The smallest absolute Gasteiger partial charge is 0.261 e. The van der Waals surface area contributed by atoms with Crippen molar-refractivity contribution in [2.24, 2.45) is 0 Å². The Hall–Kier alpha value is -3.17. The van der Waals surface area contributed by atoms with Gasteiger partial charge in [0.25, 0.3) is 5.91 Å². The summed E-state index contributed by atoms with van der Waals surface area (Å²) in [6, 6.07) is 19.9. The van der Waals surface area contributed by atoms with Crippen LogP contribution in [-0.2, 0) is 0 Å². The van der Waals surface area contributed by atoms with E-state index in [9.17, 15) is 9.18 Å². The van der Waals surface area contributed by atoms with Crippen LogP contribution in [-0.4, -0.2) is 25.0 Å². The molecule has 0 spiro atoms. The van der Waals surface area contributed by atoms with Gasteiger partial charge in [-0.3, -0.25) is 4.79 Å². The molecule has 0 bridgehead atoms. The van der Waals surface area contributed by atoms with Crippen LogP contribution in [0.15, 0.2) is 60.7 Å². The van der Waals surface area contributed by atoms with Crippen LogP contribution in [0.4, 0.5) is 10.1 Å². The van der Waals surface area contributed by atoms with Crippen molar-refractivity contribution in [3.8, 4) is 16.5 Å². The maximum Gasteiger partial charge on any atom is 0.261 e. The fourth-order valence-corrected chi connectivity index (χ4v) is 4.43. The van der Waals surface area contributed by atoms with Gasteiger partial charge in [-0.2, -0.15) is 5.26 Å². The molecule has 4 nitrogen and oxygen atoms in total. The van der Waals surface area contributed by atoms with Gasteiger partial charge in [0.1, 0.15) is 5.82 Å². The van der Waals surface area contributed by atoms with Gasteiger partial charge >= 0.3 is 0 Å². The predicted octanol–water partition coefficient (Wildman–Crippen LogP) is 4.82. The van der Waals surface area contributed by atoms with Crippen LogP contribution in [0.25, 0.3) is 10.4 Å². The van der Waals surface area contributed by atoms with E-state index in [1.165, 1.54) is 23.5 Å². The van der Waals surface area contributed by atoms with Gasteiger partial charge in [0.2, 0.25) is 0 Å². The Bertz CT molecular complexity index is 1030. The number of amides is 1. The minimum atomic E-state index is -0.268. The standard InChI is InChI=1S/C23H20FN3OS/c24-18-5-3-17(4-6-18)21-9-10-22(29-21)23(28)26-19-11-13-27(14-12-19)20-7-1-16(15-25)2-8-20/h1-10,19H,11-14H2,(H,26,28). The summed E-state index contributed by atoms with van der Waals surface area (Å²) in [5.41, 5.74) is 2.68. The molecular formula is C23H20FN3OS. The summed E-state index contributed by atoms with van der Waals surface area (Å²) in [6.07, 6.45) is 1.75. The molecule has 0 atom stereocenters. The molecule has 146 valence electrons. The normalized spacial score (nSPS) is 14.4. The van der Waals surface area contributed by atoms with Crippen molar-refractivity contribution in [1.29, 1.82) is 5.26 Å². The first kappa shape index (κ1) is 19.2. The number of hydrogen-bond acceptors (Lipinski definition) is 4. The summed E-state index contributed by atoms with van der Waals surface area (Å²) in [7, 11) is 0. The minimum absolute atomic E-state index is 0.0554. The van der Waals surface area contributed by atoms with Gasteiger partial charge in [-0.1, -0.05) is 12.1 Å². The van der Waals surface area contributed by atoms with E-state index in [-0.39, 0.29) is 17.8 Å². The molecule has 3 aromatic rings. The third kappa shape index (κ3) is 4.47. The van der Waals surface area contributed by atoms with E-state index < -0.39 is 0 Å². The van der Waals surface area contributed by atoms with Crippen LogP contribution in [0, 0.1) is 17.1 Å². The molecule has 0 unspecified atom stereocenters. The molecule has 1 aliphatic heterocycles. The second-order valence-corrected chi connectivity index (χ2v) is 8.15. The Kier molecular flexibility index (Phi) is 5.59. The lowest BCUT2D eigenvalue weighted by molar-refractivity contribution is 0.0935. The van der Waals surface area contributed by atoms with Gasteiger partial charge in [-0.25, -0.2) is 4.39 Å². The maximum absolute atomic E-state index is 13.1. The van der Waals surface area contributed by atoms with Crippen LogP contribution < -0.4 is 10.2 Å². The van der Waals surface area contributed by atoms with Gasteiger partial charge in [0, 0.05) is 29.7 Å². The number of halogens is 1. The maximum atomic E-state index is 13.1. The van der Waals surface area contributed by atoms with Crippen molar-refractivity contribution in [2.45, 2.75) is 18.9 Å². The minimum Gasteiger partial charge on any atom is -0.371 e. The van der Waals surface area contributed by atoms with Crippen molar-refractivity contribution in [3.05, 3.63) is 76.9 Å². The summed E-state index contributed by atoms with van der Waals surface area (Å²) in [5.74, 6) is -0.323. The SMILES string of the molecule is N#Cc1ccc(N2CCC(NC(=O)c3ccc(-c4ccc(F)cc4)s3)CC2)cc1. The quantitative estimate of drug-likeness (QED) is 0.677. The molecule has 1 N–H and O–H groups in total. The summed E-state index contributed by atoms with van der Waals surface area (Å²) >= 11 is 1.42. The first-order valence-corrected chi connectivity index (χ1v) is 10.4. The van der Waals surface area contributed by atoms with Crippen molar-refractivity contribution in [3.63, 3.8) is 0 Å². The molecule has 1 aromatic heterocycles. The number of hydrogen-bond donors (Lipinski definition) is 1. The zero-order chi connectivity index (χ0) is 20.2. The Labute approximate surface area is 173 Å². The number of carbonyl (C=O) groups excluding carboxylic acids is 1. The van der Waals surface area contributed by atoms with Gasteiger partial charge < -0.3 is 10.2 Å². The van der Waals surface area contributed by atoms with E-state index in [4.69, 9.17) is 5.26 Å². The third-order valence-corrected chi connectivity index (χ3v) is 6.28. The molecule has 1 saturated heterocycles. The van der Waals surface area contributed by atoms with Crippen LogP contribution in [0.3, 0.4) is 0 Å². The van der Waals surface area contributed by atoms with Crippen molar-refractivity contribution in [2.75, 3.05) is 18.0 Å². The first-order valence-electron chi connectivity index (χ1n) is 9.54. The molecule has 0 radical (unpaired) electrons. The van der Waals surface area contributed by atoms with Crippen LogP contribution in [0.2, 0.25) is 0 Å². The average Bonchev–Trinajstić information content (AvgIpc) is 3.25. The van der Waals surface area contributed by atoms with Crippen molar-refractivity contribution >= 4 is 22.9 Å². The molecule has 2 aromatic carbocycles. The number of nitrogens with zero attached hydrogens (tertiary/aromatic N) is 2. The summed E-state index contributed by atoms with van der Waals surface area (Å²) in [5, 5.41) is 12.1.